The highest BCUT2D eigenvalue weighted by Gasteiger charge is 2.10. The van der Waals surface area contributed by atoms with Crippen LogP contribution in [0.5, 0.6) is 5.88 Å². The number of hydrogen-bond acceptors (Lipinski definition) is 5. The van der Waals surface area contributed by atoms with E-state index in [-0.39, 0.29) is 6.61 Å². The number of rotatable bonds is 6. The molecule has 0 saturated carbocycles. The van der Waals surface area contributed by atoms with Crippen molar-refractivity contribution in [3.8, 4) is 5.88 Å². The van der Waals surface area contributed by atoms with Gasteiger partial charge in [-0.3, -0.25) is 0 Å². The fourth-order valence-electron chi connectivity index (χ4n) is 2.04. The Bertz CT molecular complexity index is 772. The molecule has 0 N–H and O–H groups in total. The smallest absolute Gasteiger partial charge is 0.230 e. The Labute approximate surface area is 127 Å². The number of pyridine rings is 1. The van der Waals surface area contributed by atoms with Crippen LogP contribution in [0.4, 0.5) is 0 Å². The molecule has 3 rings (SSSR count). The van der Waals surface area contributed by atoms with Crippen molar-refractivity contribution in [1.29, 1.82) is 0 Å². The molecule has 0 fully saturated rings. The first-order valence-electron chi connectivity index (χ1n) is 6.99. The largest absolute Gasteiger partial charge is 0.618 e. The zero-order valence-electron chi connectivity index (χ0n) is 12.2. The zero-order valence-corrected chi connectivity index (χ0v) is 12.2. The summed E-state index contributed by atoms with van der Waals surface area (Å²) in [6.07, 6.45) is 3.09. The SMILES string of the molecule is CCOCc1cc(OCc2cccc[n+]2[O-])n2nccc2n1. The van der Waals surface area contributed by atoms with Crippen LogP contribution in [-0.4, -0.2) is 21.2 Å². The molecule has 114 valence electrons. The summed E-state index contributed by atoms with van der Waals surface area (Å²) in [6, 6.07) is 8.75. The maximum Gasteiger partial charge on any atom is 0.230 e. The van der Waals surface area contributed by atoms with Crippen molar-refractivity contribution in [2.24, 2.45) is 0 Å². The first kappa shape index (κ1) is 14.3. The minimum Gasteiger partial charge on any atom is -0.618 e. The number of fused-ring (bicyclic) bond motifs is 1. The van der Waals surface area contributed by atoms with Gasteiger partial charge in [0.15, 0.2) is 18.5 Å². The molecule has 3 aromatic heterocycles. The van der Waals surface area contributed by atoms with Gasteiger partial charge in [-0.1, -0.05) is 0 Å². The van der Waals surface area contributed by atoms with Crippen LogP contribution in [0.3, 0.4) is 0 Å². The standard InChI is InChI=1S/C15H16N4O3/c1-2-21-10-12-9-15(19-14(17-12)6-7-16-19)22-11-13-5-3-4-8-18(13)20/h3-9H,2,10-11H2,1H3. The molecular formula is C15H16N4O3. The summed E-state index contributed by atoms with van der Waals surface area (Å²) in [5.74, 6) is 0.522. The van der Waals surface area contributed by atoms with Crippen molar-refractivity contribution >= 4 is 5.65 Å². The Hall–Kier alpha value is -2.67. The predicted molar refractivity (Wildman–Crippen MR) is 78.1 cm³/mol. The minimum atomic E-state index is 0.150. The van der Waals surface area contributed by atoms with E-state index < -0.39 is 0 Å². The summed E-state index contributed by atoms with van der Waals surface area (Å²) in [7, 11) is 0. The molecule has 0 aliphatic heterocycles. The fourth-order valence-corrected chi connectivity index (χ4v) is 2.04. The van der Waals surface area contributed by atoms with Crippen LogP contribution in [0.25, 0.3) is 5.65 Å². The number of nitrogens with zero attached hydrogens (tertiary/aromatic N) is 4. The molecule has 0 unspecified atom stereocenters. The highest BCUT2D eigenvalue weighted by Crippen LogP contribution is 2.16. The summed E-state index contributed by atoms with van der Waals surface area (Å²) in [5.41, 5.74) is 1.95. The second kappa shape index (κ2) is 6.40. The maximum absolute atomic E-state index is 11.6. The predicted octanol–water partition coefficient (Wildman–Crippen LogP) is 1.48. The van der Waals surface area contributed by atoms with Crippen LogP contribution in [0.15, 0.2) is 42.7 Å². The molecule has 3 heterocycles. The summed E-state index contributed by atoms with van der Waals surface area (Å²) in [4.78, 5) is 4.43. The molecule has 0 saturated heterocycles. The molecule has 0 aliphatic carbocycles. The van der Waals surface area contributed by atoms with Crippen LogP contribution < -0.4 is 9.47 Å². The van der Waals surface area contributed by atoms with Gasteiger partial charge in [0, 0.05) is 30.9 Å². The highest BCUT2D eigenvalue weighted by atomic mass is 16.5. The molecule has 0 bridgehead atoms. The molecule has 0 radical (unpaired) electrons. The van der Waals surface area contributed by atoms with Gasteiger partial charge in [-0.05, 0) is 13.0 Å². The first-order valence-corrected chi connectivity index (χ1v) is 6.99. The fraction of sp³-hybridized carbons (Fsp3) is 0.267. The van der Waals surface area contributed by atoms with E-state index in [0.29, 0.717) is 30.4 Å². The highest BCUT2D eigenvalue weighted by molar-refractivity contribution is 5.40. The molecule has 3 aromatic rings. The zero-order chi connectivity index (χ0) is 15.4. The molecular weight excluding hydrogens is 284 g/mol. The van der Waals surface area contributed by atoms with E-state index in [9.17, 15) is 5.21 Å². The van der Waals surface area contributed by atoms with Crippen molar-refractivity contribution in [2.45, 2.75) is 20.1 Å². The van der Waals surface area contributed by atoms with Crippen LogP contribution in [0.1, 0.15) is 18.3 Å². The third-order valence-corrected chi connectivity index (χ3v) is 3.11. The topological polar surface area (TPSA) is 75.6 Å². The van der Waals surface area contributed by atoms with Crippen LogP contribution in [0.2, 0.25) is 0 Å². The van der Waals surface area contributed by atoms with E-state index in [1.165, 1.54) is 6.20 Å². The van der Waals surface area contributed by atoms with Crippen molar-refractivity contribution in [1.82, 2.24) is 14.6 Å². The number of hydrogen-bond donors (Lipinski definition) is 0. The summed E-state index contributed by atoms with van der Waals surface area (Å²) in [5, 5.41) is 15.8. The summed E-state index contributed by atoms with van der Waals surface area (Å²) < 4.78 is 13.5. The van der Waals surface area contributed by atoms with Gasteiger partial charge in [-0.25, -0.2) is 4.98 Å². The van der Waals surface area contributed by atoms with Gasteiger partial charge in [-0.2, -0.15) is 14.3 Å². The average molecular weight is 300 g/mol. The Morgan fingerprint density at radius 3 is 3.00 bits per heavy atom. The Morgan fingerprint density at radius 1 is 1.27 bits per heavy atom. The van der Waals surface area contributed by atoms with E-state index >= 15 is 0 Å². The lowest BCUT2D eigenvalue weighted by atomic mass is 10.3. The minimum absolute atomic E-state index is 0.150. The van der Waals surface area contributed by atoms with E-state index in [1.807, 2.05) is 6.92 Å². The van der Waals surface area contributed by atoms with Gasteiger partial charge in [0.1, 0.15) is 0 Å². The van der Waals surface area contributed by atoms with Gasteiger partial charge in [0.2, 0.25) is 11.6 Å². The van der Waals surface area contributed by atoms with Crippen LogP contribution in [0, 0.1) is 5.21 Å². The van der Waals surface area contributed by atoms with Crippen LogP contribution in [-0.2, 0) is 18.0 Å². The third-order valence-electron chi connectivity index (χ3n) is 3.11. The van der Waals surface area contributed by atoms with E-state index in [2.05, 4.69) is 10.1 Å². The molecule has 0 amide bonds. The normalized spacial score (nSPS) is 11.0. The maximum atomic E-state index is 11.6. The molecule has 0 atom stereocenters. The Kier molecular flexibility index (Phi) is 4.15. The van der Waals surface area contributed by atoms with Crippen molar-refractivity contribution in [2.75, 3.05) is 6.61 Å². The van der Waals surface area contributed by atoms with Gasteiger partial charge >= 0.3 is 0 Å². The van der Waals surface area contributed by atoms with Crippen molar-refractivity contribution in [3.63, 3.8) is 0 Å². The number of ether oxygens (including phenoxy) is 2. The van der Waals surface area contributed by atoms with Crippen molar-refractivity contribution < 1.29 is 14.2 Å². The lowest BCUT2D eigenvalue weighted by Crippen LogP contribution is -2.31. The third kappa shape index (κ3) is 2.99. The number of aromatic nitrogens is 4. The molecule has 0 aliphatic rings. The second-order valence-corrected chi connectivity index (χ2v) is 4.63. The van der Waals surface area contributed by atoms with E-state index in [1.54, 1.807) is 41.0 Å². The van der Waals surface area contributed by atoms with Crippen LogP contribution >= 0.6 is 0 Å². The monoisotopic (exact) mass is 300 g/mol. The van der Waals surface area contributed by atoms with E-state index in [4.69, 9.17) is 9.47 Å². The van der Waals surface area contributed by atoms with Gasteiger partial charge in [0.25, 0.3) is 0 Å². The molecule has 7 nitrogen and oxygen atoms in total. The molecule has 22 heavy (non-hydrogen) atoms. The van der Waals surface area contributed by atoms with E-state index in [0.717, 1.165) is 10.4 Å². The Balaban J connectivity index is 1.85. The summed E-state index contributed by atoms with van der Waals surface area (Å²) >= 11 is 0. The molecule has 7 heteroatoms. The van der Waals surface area contributed by atoms with Crippen molar-refractivity contribution in [3.05, 3.63) is 59.3 Å². The average Bonchev–Trinajstić information content (AvgIpc) is 3.00. The lowest BCUT2D eigenvalue weighted by molar-refractivity contribution is -0.616. The Morgan fingerprint density at radius 2 is 2.18 bits per heavy atom. The van der Waals surface area contributed by atoms with Gasteiger partial charge < -0.3 is 14.7 Å². The molecule has 0 aromatic carbocycles. The lowest BCUT2D eigenvalue weighted by Gasteiger charge is -2.10. The van der Waals surface area contributed by atoms with Gasteiger partial charge in [0.05, 0.1) is 18.5 Å². The first-order chi connectivity index (χ1) is 10.8. The summed E-state index contributed by atoms with van der Waals surface area (Å²) in [6.45, 7) is 3.10. The quantitative estimate of drug-likeness (QED) is 0.509. The van der Waals surface area contributed by atoms with Gasteiger partial charge in [-0.15, -0.1) is 0 Å². The second-order valence-electron chi connectivity index (χ2n) is 4.63. The molecule has 0 spiro atoms.